The highest BCUT2D eigenvalue weighted by molar-refractivity contribution is 6.32. The van der Waals surface area contributed by atoms with E-state index in [0.717, 1.165) is 27.8 Å². The first kappa shape index (κ1) is 33.1. The zero-order valence-corrected chi connectivity index (χ0v) is 27.5. The van der Waals surface area contributed by atoms with Crippen LogP contribution >= 0.6 is 11.6 Å². The molecule has 2 aromatic heterocycles. The van der Waals surface area contributed by atoms with Gasteiger partial charge in [0.15, 0.2) is 12.4 Å². The summed E-state index contributed by atoms with van der Waals surface area (Å²) in [6.07, 6.45) is -2.38. The Kier molecular flexibility index (Phi) is 8.75. The van der Waals surface area contributed by atoms with Crippen molar-refractivity contribution >= 4 is 35.0 Å². The minimum atomic E-state index is -4.62. The second kappa shape index (κ2) is 12.7. The highest BCUT2D eigenvalue weighted by Crippen LogP contribution is 2.37. The van der Waals surface area contributed by atoms with E-state index in [-0.39, 0.29) is 43.4 Å². The number of alkyl halides is 3. The Hall–Kier alpha value is -4.79. The number of carbonyl (C=O) groups is 2. The predicted octanol–water partition coefficient (Wildman–Crippen LogP) is 6.00. The zero-order valence-electron chi connectivity index (χ0n) is 26.7. The Morgan fingerprint density at radius 3 is 2.44 bits per heavy atom. The van der Waals surface area contributed by atoms with Crippen LogP contribution in [0.2, 0.25) is 5.02 Å². The van der Waals surface area contributed by atoms with Gasteiger partial charge in [0, 0.05) is 30.3 Å². The molecule has 0 spiro atoms. The third-order valence-corrected chi connectivity index (χ3v) is 8.60. The summed E-state index contributed by atoms with van der Waals surface area (Å²) in [7, 11) is 1.53. The normalized spacial score (nSPS) is 14.4. The van der Waals surface area contributed by atoms with Crippen LogP contribution in [-0.2, 0) is 42.3 Å². The molecule has 2 aliphatic rings. The quantitative estimate of drug-likeness (QED) is 0.244. The van der Waals surface area contributed by atoms with Crippen molar-refractivity contribution in [3.8, 4) is 17.2 Å². The second-order valence-electron chi connectivity index (χ2n) is 12.6. The number of anilines is 2. The lowest BCUT2D eigenvalue weighted by atomic mass is 9.92. The van der Waals surface area contributed by atoms with Crippen LogP contribution in [0.4, 0.5) is 29.5 Å². The molecule has 12 nitrogen and oxygen atoms in total. The molecule has 254 valence electrons. The predicted molar refractivity (Wildman–Crippen MR) is 171 cm³/mol. The minimum Gasteiger partial charge on any atom is -0.495 e. The van der Waals surface area contributed by atoms with E-state index in [2.05, 4.69) is 20.8 Å². The van der Waals surface area contributed by atoms with E-state index in [1.54, 1.807) is 35.0 Å². The monoisotopic (exact) mass is 686 g/mol. The van der Waals surface area contributed by atoms with Gasteiger partial charge in [-0.05, 0) is 60.7 Å². The van der Waals surface area contributed by atoms with Crippen LogP contribution in [0.1, 0.15) is 55.7 Å². The summed E-state index contributed by atoms with van der Waals surface area (Å²) < 4.78 is 53.3. The molecule has 3 amide bonds. The van der Waals surface area contributed by atoms with E-state index in [1.807, 2.05) is 26.8 Å². The molecule has 0 fully saturated rings. The summed E-state index contributed by atoms with van der Waals surface area (Å²) in [5.74, 6) is 0.102. The van der Waals surface area contributed by atoms with E-state index in [4.69, 9.17) is 26.2 Å². The Labute approximate surface area is 279 Å². The third kappa shape index (κ3) is 6.64. The molecule has 0 saturated heterocycles. The van der Waals surface area contributed by atoms with Gasteiger partial charge in [0.05, 0.1) is 30.1 Å². The average molecular weight is 687 g/mol. The molecule has 0 radical (unpaired) electrons. The van der Waals surface area contributed by atoms with Crippen LogP contribution in [0.15, 0.2) is 36.4 Å². The van der Waals surface area contributed by atoms with Gasteiger partial charge in [-0.2, -0.15) is 18.3 Å². The molecular formula is C32H34ClF3N8O4. The van der Waals surface area contributed by atoms with Gasteiger partial charge in [-0.3, -0.25) is 10.1 Å². The number of nitrogens with zero attached hydrogens (tertiary/aromatic N) is 6. The minimum absolute atomic E-state index is 0.0626. The zero-order chi connectivity index (χ0) is 34.4. The fourth-order valence-corrected chi connectivity index (χ4v) is 6.08. The lowest BCUT2D eigenvalue weighted by Crippen LogP contribution is -2.41. The van der Waals surface area contributed by atoms with Crippen LogP contribution in [-0.4, -0.2) is 61.6 Å². The maximum absolute atomic E-state index is 13.3. The fourth-order valence-electron chi connectivity index (χ4n) is 5.83. The average Bonchev–Trinajstić information content (AvgIpc) is 3.78. The van der Waals surface area contributed by atoms with Gasteiger partial charge in [-0.15, -0.1) is 10.2 Å². The SMILES string of the molecule is COc1ccc(-n2nc(C(C)(C)C)cc2NC(=O)Nc2ccc(OCC(=O)N3CCn4c(nnc4C(F)(F)F)C3)c3c2CCC3)cc1Cl. The smallest absolute Gasteiger partial charge is 0.451 e. The van der Waals surface area contributed by atoms with E-state index < -0.39 is 18.0 Å². The van der Waals surface area contributed by atoms with Gasteiger partial charge in [-0.25, -0.2) is 9.48 Å². The van der Waals surface area contributed by atoms with Crippen molar-refractivity contribution in [2.75, 3.05) is 30.9 Å². The number of amides is 3. The van der Waals surface area contributed by atoms with Crippen molar-refractivity contribution in [3.63, 3.8) is 0 Å². The van der Waals surface area contributed by atoms with Crippen molar-refractivity contribution in [1.29, 1.82) is 0 Å². The maximum atomic E-state index is 13.3. The molecule has 16 heteroatoms. The first-order valence-electron chi connectivity index (χ1n) is 15.3. The van der Waals surface area contributed by atoms with Crippen LogP contribution in [0.25, 0.3) is 5.69 Å². The number of halogens is 4. The molecule has 0 unspecified atom stereocenters. The highest BCUT2D eigenvalue weighted by atomic mass is 35.5. The number of benzene rings is 2. The Morgan fingerprint density at radius 1 is 0.979 bits per heavy atom. The molecule has 0 atom stereocenters. The number of methoxy groups -OCH3 is 1. The number of aromatic nitrogens is 5. The van der Waals surface area contributed by atoms with E-state index in [0.29, 0.717) is 46.6 Å². The Morgan fingerprint density at radius 2 is 1.73 bits per heavy atom. The van der Waals surface area contributed by atoms with Crippen LogP contribution < -0.4 is 20.1 Å². The molecule has 3 heterocycles. The number of nitrogens with one attached hydrogen (secondary N) is 2. The topological polar surface area (TPSA) is 128 Å². The first-order valence-corrected chi connectivity index (χ1v) is 15.7. The van der Waals surface area contributed by atoms with Gasteiger partial charge in [-0.1, -0.05) is 32.4 Å². The summed E-state index contributed by atoms with van der Waals surface area (Å²) in [4.78, 5) is 27.7. The molecule has 1 aliphatic carbocycles. The largest absolute Gasteiger partial charge is 0.495 e. The lowest BCUT2D eigenvalue weighted by Gasteiger charge is -2.28. The Bertz CT molecular complexity index is 1880. The van der Waals surface area contributed by atoms with Gasteiger partial charge in [0.25, 0.3) is 5.91 Å². The van der Waals surface area contributed by atoms with E-state index >= 15 is 0 Å². The van der Waals surface area contributed by atoms with E-state index in [9.17, 15) is 22.8 Å². The lowest BCUT2D eigenvalue weighted by molar-refractivity contribution is -0.148. The number of fused-ring (bicyclic) bond motifs is 2. The summed E-state index contributed by atoms with van der Waals surface area (Å²) in [5.41, 5.74) is 3.52. The summed E-state index contributed by atoms with van der Waals surface area (Å²) in [6.45, 7) is 5.70. The second-order valence-corrected chi connectivity index (χ2v) is 13.0. The summed E-state index contributed by atoms with van der Waals surface area (Å²) in [5, 5.41) is 17.9. The maximum Gasteiger partial charge on any atom is 0.451 e. The summed E-state index contributed by atoms with van der Waals surface area (Å²) >= 11 is 6.38. The fraction of sp³-hybridized carbons (Fsp3) is 0.406. The Balaban J connectivity index is 1.14. The van der Waals surface area contributed by atoms with Crippen LogP contribution in [0.3, 0.4) is 0 Å². The third-order valence-electron chi connectivity index (χ3n) is 8.30. The number of carbonyl (C=O) groups excluding carboxylic acids is 2. The van der Waals surface area contributed by atoms with Gasteiger partial charge >= 0.3 is 12.2 Å². The van der Waals surface area contributed by atoms with Crippen molar-refractivity contribution in [3.05, 3.63) is 69.9 Å². The van der Waals surface area contributed by atoms with Crippen molar-refractivity contribution in [2.24, 2.45) is 0 Å². The van der Waals surface area contributed by atoms with Gasteiger partial charge in [0.1, 0.15) is 17.3 Å². The molecular weight excluding hydrogens is 653 g/mol. The standard InChI is InChI=1S/C32H34ClF3N8O4/c1-31(2,3)25-15-26(44(41-25)18-8-10-24(47-4)21(33)14-18)38-30(46)37-22-9-11-23(20-7-5-6-19(20)22)48-17-28(45)42-12-13-43-27(16-42)39-40-29(43)32(34,35)36/h8-11,14-15H,5-7,12-13,16-17H2,1-4H3,(H2,37,38,46). The van der Waals surface area contributed by atoms with Gasteiger partial charge in [0.2, 0.25) is 5.82 Å². The summed E-state index contributed by atoms with van der Waals surface area (Å²) in [6, 6.07) is 10.0. The van der Waals surface area contributed by atoms with Crippen molar-refractivity contribution < 1.29 is 32.2 Å². The number of hydrogen-bond donors (Lipinski definition) is 2. The molecule has 2 aromatic carbocycles. The number of hydrogen-bond acceptors (Lipinski definition) is 7. The number of urea groups is 1. The molecule has 48 heavy (non-hydrogen) atoms. The molecule has 0 bridgehead atoms. The van der Waals surface area contributed by atoms with Crippen molar-refractivity contribution in [2.45, 2.75) is 64.7 Å². The number of ether oxygens (including phenoxy) is 2. The molecule has 6 rings (SSSR count). The molecule has 2 N–H and O–H groups in total. The van der Waals surface area contributed by atoms with Gasteiger partial charge < -0.3 is 24.3 Å². The van der Waals surface area contributed by atoms with E-state index in [1.165, 1.54) is 12.0 Å². The highest BCUT2D eigenvalue weighted by Gasteiger charge is 2.40. The van der Waals surface area contributed by atoms with Crippen molar-refractivity contribution in [1.82, 2.24) is 29.4 Å². The molecule has 1 aliphatic heterocycles. The first-order chi connectivity index (χ1) is 22.7. The molecule has 4 aromatic rings. The number of rotatable bonds is 7. The molecule has 0 saturated carbocycles. The van der Waals surface area contributed by atoms with Crippen LogP contribution in [0.5, 0.6) is 11.5 Å². The van der Waals surface area contributed by atoms with Crippen LogP contribution in [0, 0.1) is 0 Å².